The standard InChI is InChI=1S/C20H23FN6O3/c1-24-20(29)27-6-4-15(10-17(27)23-24)26-7-8-30-16-9-13(11-22-18(16)26)19(28)25-5-2-3-14(21)12-25/h4,6,9-10,14,22H,2-3,5,7-8,11-12H2,1H3/t14-/m0/s1. The van der Waals surface area contributed by atoms with Crippen LogP contribution in [0.1, 0.15) is 12.8 Å². The minimum atomic E-state index is -0.954. The van der Waals surface area contributed by atoms with E-state index < -0.39 is 6.17 Å². The molecule has 0 bridgehead atoms. The Kier molecular flexibility index (Phi) is 4.48. The molecular formula is C20H23FN6O3. The van der Waals surface area contributed by atoms with Crippen molar-refractivity contribution in [2.24, 2.45) is 7.05 Å². The molecule has 0 aliphatic carbocycles. The van der Waals surface area contributed by atoms with E-state index >= 15 is 0 Å². The summed E-state index contributed by atoms with van der Waals surface area (Å²) in [6, 6.07) is 3.70. The molecule has 5 rings (SSSR count). The second-order valence-corrected chi connectivity index (χ2v) is 7.75. The molecule has 158 valence electrons. The van der Waals surface area contributed by atoms with Gasteiger partial charge in [0.2, 0.25) is 0 Å². The zero-order valence-corrected chi connectivity index (χ0v) is 16.7. The first kappa shape index (κ1) is 18.7. The summed E-state index contributed by atoms with van der Waals surface area (Å²) in [5.41, 5.74) is 1.79. The highest BCUT2D eigenvalue weighted by atomic mass is 19.1. The van der Waals surface area contributed by atoms with Gasteiger partial charge in [-0.15, -0.1) is 0 Å². The fourth-order valence-electron chi connectivity index (χ4n) is 4.19. The molecule has 0 spiro atoms. The highest BCUT2D eigenvalue weighted by Crippen LogP contribution is 2.28. The van der Waals surface area contributed by atoms with Crippen LogP contribution in [0, 0.1) is 0 Å². The van der Waals surface area contributed by atoms with Gasteiger partial charge in [0.05, 0.1) is 13.1 Å². The predicted octanol–water partition coefficient (Wildman–Crippen LogP) is 0.529. The first-order valence-electron chi connectivity index (χ1n) is 10.1. The van der Waals surface area contributed by atoms with Gasteiger partial charge < -0.3 is 19.9 Å². The number of amides is 1. The number of halogens is 1. The lowest BCUT2D eigenvalue weighted by atomic mass is 10.1. The van der Waals surface area contributed by atoms with E-state index in [1.54, 1.807) is 24.2 Å². The predicted molar refractivity (Wildman–Crippen MR) is 108 cm³/mol. The number of fused-ring (bicyclic) bond motifs is 1. The Balaban J connectivity index is 1.44. The Bertz CT molecular complexity index is 1130. The van der Waals surface area contributed by atoms with Gasteiger partial charge in [-0.25, -0.2) is 13.9 Å². The van der Waals surface area contributed by atoms with Crippen LogP contribution in [0.4, 0.5) is 10.1 Å². The number of hydrogen-bond donors (Lipinski definition) is 1. The number of anilines is 1. The van der Waals surface area contributed by atoms with Crippen LogP contribution in [0.5, 0.6) is 0 Å². The number of nitrogens with one attached hydrogen (secondary N) is 1. The minimum Gasteiger partial charge on any atom is -0.488 e. The number of piperidine rings is 1. The maximum atomic E-state index is 13.7. The number of ether oxygens (including phenoxy) is 1. The average Bonchev–Trinajstić information content (AvgIpc) is 3.05. The van der Waals surface area contributed by atoms with Gasteiger partial charge in [-0.3, -0.25) is 9.20 Å². The van der Waals surface area contributed by atoms with Gasteiger partial charge in [-0.1, -0.05) is 0 Å². The molecule has 9 nitrogen and oxygen atoms in total. The second kappa shape index (κ2) is 7.19. The van der Waals surface area contributed by atoms with Crippen molar-refractivity contribution in [3.8, 4) is 0 Å². The topological polar surface area (TPSA) is 84.1 Å². The minimum absolute atomic E-state index is 0.147. The lowest BCUT2D eigenvalue weighted by Crippen LogP contribution is -2.46. The number of pyridine rings is 1. The average molecular weight is 414 g/mol. The first-order valence-corrected chi connectivity index (χ1v) is 10.1. The quantitative estimate of drug-likeness (QED) is 0.772. The molecule has 2 aromatic heterocycles. The number of carbonyl (C=O) groups is 1. The lowest BCUT2D eigenvalue weighted by molar-refractivity contribution is -0.129. The third-order valence-corrected chi connectivity index (χ3v) is 5.72. The van der Waals surface area contributed by atoms with Crippen LogP contribution in [0.2, 0.25) is 0 Å². The number of nitrogens with zero attached hydrogens (tertiary/aromatic N) is 5. The first-order chi connectivity index (χ1) is 14.5. The zero-order chi connectivity index (χ0) is 20.8. The van der Waals surface area contributed by atoms with Crippen molar-refractivity contribution in [1.82, 2.24) is 24.4 Å². The Morgan fingerprint density at radius 1 is 1.37 bits per heavy atom. The summed E-state index contributed by atoms with van der Waals surface area (Å²) in [5.74, 6) is 1.21. The molecule has 0 radical (unpaired) electrons. The van der Waals surface area contributed by atoms with Crippen molar-refractivity contribution in [3.63, 3.8) is 0 Å². The summed E-state index contributed by atoms with van der Waals surface area (Å²) in [4.78, 5) is 28.5. The number of allylic oxidation sites excluding steroid dienone is 1. The largest absolute Gasteiger partial charge is 0.488 e. The van der Waals surface area contributed by atoms with Crippen LogP contribution >= 0.6 is 0 Å². The third kappa shape index (κ3) is 3.12. The van der Waals surface area contributed by atoms with E-state index in [0.717, 1.165) is 11.5 Å². The molecule has 1 fully saturated rings. The highest BCUT2D eigenvalue weighted by molar-refractivity contribution is 5.95. The molecule has 1 atom stereocenters. The van der Waals surface area contributed by atoms with E-state index in [1.165, 1.54) is 9.08 Å². The Hall–Kier alpha value is -3.30. The smallest absolute Gasteiger partial charge is 0.350 e. The van der Waals surface area contributed by atoms with Crippen molar-refractivity contribution in [2.45, 2.75) is 19.0 Å². The molecule has 1 saturated heterocycles. The van der Waals surface area contributed by atoms with E-state index in [9.17, 15) is 14.0 Å². The monoisotopic (exact) mass is 414 g/mol. The Labute approximate surface area is 172 Å². The van der Waals surface area contributed by atoms with Crippen LogP contribution < -0.4 is 15.9 Å². The van der Waals surface area contributed by atoms with Crippen molar-refractivity contribution in [2.75, 3.05) is 37.7 Å². The van der Waals surface area contributed by atoms with Crippen molar-refractivity contribution < 1.29 is 13.9 Å². The molecule has 2 aromatic rings. The summed E-state index contributed by atoms with van der Waals surface area (Å²) in [6.07, 6.45) is 3.70. The molecular weight excluding hydrogens is 391 g/mol. The summed E-state index contributed by atoms with van der Waals surface area (Å²) in [7, 11) is 1.61. The van der Waals surface area contributed by atoms with E-state index in [2.05, 4.69) is 10.4 Å². The van der Waals surface area contributed by atoms with Gasteiger partial charge in [0.25, 0.3) is 5.91 Å². The SMILES string of the molecule is Cn1nc2cc(N3CCOC4=C3NCC(C(=O)N3CCC[C@H](F)C3)=C4)ccn2c1=O. The summed E-state index contributed by atoms with van der Waals surface area (Å²) < 4.78 is 22.3. The van der Waals surface area contributed by atoms with E-state index in [4.69, 9.17) is 4.74 Å². The van der Waals surface area contributed by atoms with Crippen molar-refractivity contribution in [1.29, 1.82) is 0 Å². The van der Waals surface area contributed by atoms with Gasteiger partial charge in [0.15, 0.2) is 11.4 Å². The van der Waals surface area contributed by atoms with E-state index in [0.29, 0.717) is 56.1 Å². The molecule has 0 unspecified atom stereocenters. The summed E-state index contributed by atoms with van der Waals surface area (Å²) in [5, 5.41) is 7.54. The van der Waals surface area contributed by atoms with Crippen LogP contribution in [0.15, 0.2) is 46.4 Å². The maximum Gasteiger partial charge on any atom is 0.350 e. The van der Waals surface area contributed by atoms with E-state index in [1.807, 2.05) is 17.0 Å². The van der Waals surface area contributed by atoms with Gasteiger partial charge in [0, 0.05) is 43.7 Å². The molecule has 30 heavy (non-hydrogen) atoms. The molecule has 0 saturated carbocycles. The number of aryl methyl sites for hydroxylation is 1. The van der Waals surface area contributed by atoms with E-state index in [-0.39, 0.29) is 18.1 Å². The van der Waals surface area contributed by atoms with Gasteiger partial charge >= 0.3 is 5.69 Å². The summed E-state index contributed by atoms with van der Waals surface area (Å²) in [6.45, 7) is 2.15. The molecule has 5 heterocycles. The highest BCUT2D eigenvalue weighted by Gasteiger charge is 2.30. The number of aromatic nitrogens is 3. The summed E-state index contributed by atoms with van der Waals surface area (Å²) >= 11 is 0. The van der Waals surface area contributed by atoms with Crippen molar-refractivity contribution in [3.05, 3.63) is 52.0 Å². The van der Waals surface area contributed by atoms with Crippen molar-refractivity contribution >= 4 is 17.2 Å². The molecule has 0 aromatic carbocycles. The number of likely N-dealkylation sites (tertiary alicyclic amines) is 1. The number of hydrogen-bond acceptors (Lipinski definition) is 6. The lowest BCUT2D eigenvalue weighted by Gasteiger charge is -2.36. The van der Waals surface area contributed by atoms with Crippen LogP contribution in [0.25, 0.3) is 5.65 Å². The Morgan fingerprint density at radius 2 is 2.23 bits per heavy atom. The number of carbonyl (C=O) groups excluding carboxylic acids is 1. The van der Waals surface area contributed by atoms with Crippen LogP contribution in [-0.2, 0) is 16.6 Å². The third-order valence-electron chi connectivity index (χ3n) is 5.72. The van der Waals surface area contributed by atoms with Gasteiger partial charge in [0.1, 0.15) is 18.6 Å². The zero-order valence-electron chi connectivity index (χ0n) is 16.7. The van der Waals surface area contributed by atoms with Gasteiger partial charge in [-0.2, -0.15) is 5.10 Å². The molecule has 1 amide bonds. The molecule has 3 aliphatic rings. The Morgan fingerprint density at radius 3 is 3.07 bits per heavy atom. The normalized spacial score (nSPS) is 21.8. The number of alkyl halides is 1. The van der Waals surface area contributed by atoms with Gasteiger partial charge in [-0.05, 0) is 25.0 Å². The number of dihydropyridines is 1. The fraction of sp³-hybridized carbons (Fsp3) is 0.450. The number of rotatable bonds is 2. The second-order valence-electron chi connectivity index (χ2n) is 7.75. The van der Waals surface area contributed by atoms with Crippen LogP contribution in [0.3, 0.4) is 0 Å². The molecule has 3 aliphatic heterocycles. The fourth-order valence-corrected chi connectivity index (χ4v) is 4.19. The maximum absolute atomic E-state index is 13.7. The van der Waals surface area contributed by atoms with Crippen LogP contribution in [-0.4, -0.2) is 63.9 Å². The molecule has 10 heteroatoms. The molecule has 1 N–H and O–H groups in total.